The van der Waals surface area contributed by atoms with E-state index in [1.165, 1.54) is 24.9 Å². The number of ether oxygens (including phenoxy) is 1. The van der Waals surface area contributed by atoms with Crippen LogP contribution in [0.4, 0.5) is 5.69 Å². The Morgan fingerprint density at radius 1 is 1.28 bits per heavy atom. The standard InChI is InChI=1S/C15H24N2O/c1-11-4-5-12(2)17(9-11)10-13-6-14(16)8-15(7-13)18-3/h6-8,11-12H,4-5,9-10,16H2,1-3H3. The second kappa shape index (κ2) is 5.61. The van der Waals surface area contributed by atoms with Gasteiger partial charge in [0.25, 0.3) is 0 Å². The van der Waals surface area contributed by atoms with E-state index in [4.69, 9.17) is 10.5 Å². The molecule has 18 heavy (non-hydrogen) atoms. The van der Waals surface area contributed by atoms with E-state index in [-0.39, 0.29) is 0 Å². The van der Waals surface area contributed by atoms with Crippen molar-refractivity contribution >= 4 is 5.69 Å². The fraction of sp³-hybridized carbons (Fsp3) is 0.600. The summed E-state index contributed by atoms with van der Waals surface area (Å²) in [5.41, 5.74) is 7.93. The molecule has 0 bridgehead atoms. The molecule has 3 heteroatoms. The van der Waals surface area contributed by atoms with Crippen LogP contribution in [0, 0.1) is 5.92 Å². The average molecular weight is 248 g/mol. The van der Waals surface area contributed by atoms with Crippen LogP contribution in [-0.4, -0.2) is 24.6 Å². The van der Waals surface area contributed by atoms with Gasteiger partial charge in [-0.05, 0) is 43.4 Å². The summed E-state index contributed by atoms with van der Waals surface area (Å²) in [7, 11) is 1.68. The van der Waals surface area contributed by atoms with Crippen molar-refractivity contribution in [2.75, 3.05) is 19.4 Å². The van der Waals surface area contributed by atoms with Gasteiger partial charge in [-0.1, -0.05) is 6.92 Å². The molecule has 1 saturated heterocycles. The highest BCUT2D eigenvalue weighted by molar-refractivity contribution is 5.47. The van der Waals surface area contributed by atoms with Gasteiger partial charge in [-0.3, -0.25) is 4.90 Å². The van der Waals surface area contributed by atoms with Crippen molar-refractivity contribution in [3.63, 3.8) is 0 Å². The maximum absolute atomic E-state index is 5.90. The highest BCUT2D eigenvalue weighted by Gasteiger charge is 2.22. The van der Waals surface area contributed by atoms with Crippen LogP contribution in [0.15, 0.2) is 18.2 Å². The number of likely N-dealkylation sites (tertiary alicyclic amines) is 1. The maximum atomic E-state index is 5.90. The molecule has 2 atom stereocenters. The average Bonchev–Trinajstić information content (AvgIpc) is 2.33. The summed E-state index contributed by atoms with van der Waals surface area (Å²) >= 11 is 0. The van der Waals surface area contributed by atoms with Gasteiger partial charge in [-0.2, -0.15) is 0 Å². The lowest BCUT2D eigenvalue weighted by Crippen LogP contribution is -2.40. The van der Waals surface area contributed by atoms with Gasteiger partial charge < -0.3 is 10.5 Å². The highest BCUT2D eigenvalue weighted by Crippen LogP contribution is 2.25. The number of anilines is 1. The molecule has 100 valence electrons. The Labute approximate surface area is 110 Å². The third-order valence-electron chi connectivity index (χ3n) is 3.86. The first-order valence-corrected chi connectivity index (χ1v) is 6.76. The Morgan fingerprint density at radius 3 is 2.78 bits per heavy atom. The largest absolute Gasteiger partial charge is 0.497 e. The summed E-state index contributed by atoms with van der Waals surface area (Å²) < 4.78 is 5.27. The van der Waals surface area contributed by atoms with Crippen LogP contribution in [-0.2, 0) is 6.54 Å². The van der Waals surface area contributed by atoms with Crippen LogP contribution in [0.2, 0.25) is 0 Å². The molecule has 0 aliphatic carbocycles. The highest BCUT2D eigenvalue weighted by atomic mass is 16.5. The monoisotopic (exact) mass is 248 g/mol. The van der Waals surface area contributed by atoms with Crippen LogP contribution in [0.3, 0.4) is 0 Å². The molecule has 1 heterocycles. The third kappa shape index (κ3) is 3.16. The van der Waals surface area contributed by atoms with Gasteiger partial charge in [0.15, 0.2) is 0 Å². The van der Waals surface area contributed by atoms with E-state index in [1.807, 2.05) is 6.07 Å². The fourth-order valence-electron chi connectivity index (χ4n) is 2.73. The van der Waals surface area contributed by atoms with Gasteiger partial charge in [-0.15, -0.1) is 0 Å². The minimum atomic E-state index is 0.661. The van der Waals surface area contributed by atoms with Gasteiger partial charge >= 0.3 is 0 Å². The van der Waals surface area contributed by atoms with Crippen molar-refractivity contribution < 1.29 is 4.74 Å². The zero-order chi connectivity index (χ0) is 13.1. The van der Waals surface area contributed by atoms with Crippen molar-refractivity contribution in [2.45, 2.75) is 39.3 Å². The number of piperidine rings is 1. The molecule has 1 aliphatic heterocycles. The predicted molar refractivity (Wildman–Crippen MR) is 75.7 cm³/mol. The second-order valence-electron chi connectivity index (χ2n) is 5.58. The van der Waals surface area contributed by atoms with Crippen molar-refractivity contribution in [3.8, 4) is 5.75 Å². The molecule has 0 radical (unpaired) electrons. The van der Waals surface area contributed by atoms with Crippen molar-refractivity contribution in [2.24, 2.45) is 5.92 Å². The summed E-state index contributed by atoms with van der Waals surface area (Å²) in [6.45, 7) is 6.79. The number of nitrogens with two attached hydrogens (primary N) is 1. The molecule has 3 nitrogen and oxygen atoms in total. The summed E-state index contributed by atoms with van der Waals surface area (Å²) in [4.78, 5) is 2.54. The van der Waals surface area contributed by atoms with Gasteiger partial charge in [0.05, 0.1) is 7.11 Å². The molecule has 1 aromatic carbocycles. The quantitative estimate of drug-likeness (QED) is 0.836. The minimum Gasteiger partial charge on any atom is -0.497 e. The molecule has 1 aliphatic rings. The summed E-state index contributed by atoms with van der Waals surface area (Å²) in [6, 6.07) is 6.66. The molecule has 0 spiro atoms. The fourth-order valence-corrected chi connectivity index (χ4v) is 2.73. The minimum absolute atomic E-state index is 0.661. The molecule has 1 fully saturated rings. The van der Waals surface area contributed by atoms with E-state index in [1.54, 1.807) is 7.11 Å². The van der Waals surface area contributed by atoms with Crippen molar-refractivity contribution in [1.29, 1.82) is 0 Å². The SMILES string of the molecule is COc1cc(N)cc(CN2CC(C)CCC2C)c1. The van der Waals surface area contributed by atoms with Gasteiger partial charge in [0.1, 0.15) is 5.75 Å². The molecule has 0 saturated carbocycles. The zero-order valence-corrected chi connectivity index (χ0v) is 11.6. The Balaban J connectivity index is 2.10. The first-order valence-electron chi connectivity index (χ1n) is 6.76. The van der Waals surface area contributed by atoms with Crippen LogP contribution in [0.25, 0.3) is 0 Å². The van der Waals surface area contributed by atoms with Gasteiger partial charge in [0, 0.05) is 30.9 Å². The summed E-state index contributed by atoms with van der Waals surface area (Å²) in [5, 5.41) is 0. The molecule has 2 rings (SSSR count). The Bertz CT molecular complexity index is 405. The smallest absolute Gasteiger partial charge is 0.121 e. The number of nitrogen functional groups attached to an aromatic ring is 1. The molecule has 0 aromatic heterocycles. The molecule has 0 amide bonds. The topological polar surface area (TPSA) is 38.5 Å². The lowest BCUT2D eigenvalue weighted by Gasteiger charge is -2.36. The van der Waals surface area contributed by atoms with Crippen molar-refractivity contribution in [1.82, 2.24) is 4.90 Å². The third-order valence-corrected chi connectivity index (χ3v) is 3.86. The lowest BCUT2D eigenvalue weighted by atomic mass is 9.94. The van der Waals surface area contributed by atoms with E-state index in [9.17, 15) is 0 Å². The van der Waals surface area contributed by atoms with Crippen molar-refractivity contribution in [3.05, 3.63) is 23.8 Å². The first kappa shape index (κ1) is 13.2. The number of hydrogen-bond donors (Lipinski definition) is 1. The number of hydrogen-bond acceptors (Lipinski definition) is 3. The van der Waals surface area contributed by atoms with Crippen LogP contribution < -0.4 is 10.5 Å². The summed E-state index contributed by atoms with van der Waals surface area (Å²) in [5.74, 6) is 1.65. The number of rotatable bonds is 3. The Morgan fingerprint density at radius 2 is 2.06 bits per heavy atom. The molecule has 2 N–H and O–H groups in total. The second-order valence-corrected chi connectivity index (χ2v) is 5.58. The van der Waals surface area contributed by atoms with E-state index < -0.39 is 0 Å². The molecular formula is C15H24N2O. The Kier molecular flexibility index (Phi) is 4.12. The van der Waals surface area contributed by atoms with Gasteiger partial charge in [0.2, 0.25) is 0 Å². The predicted octanol–water partition coefficient (Wildman–Crippen LogP) is 2.90. The first-order chi connectivity index (χ1) is 8.58. The van der Waals surface area contributed by atoms with Gasteiger partial charge in [-0.25, -0.2) is 0 Å². The van der Waals surface area contributed by atoms with E-state index >= 15 is 0 Å². The number of nitrogens with zero attached hydrogens (tertiary/aromatic N) is 1. The van der Waals surface area contributed by atoms with E-state index in [0.717, 1.165) is 23.9 Å². The van der Waals surface area contributed by atoms with E-state index in [2.05, 4.69) is 30.9 Å². The van der Waals surface area contributed by atoms with E-state index in [0.29, 0.717) is 6.04 Å². The normalized spacial score (nSPS) is 25.1. The lowest BCUT2D eigenvalue weighted by molar-refractivity contribution is 0.117. The molecule has 1 aromatic rings. The zero-order valence-electron chi connectivity index (χ0n) is 11.6. The molecular weight excluding hydrogens is 224 g/mol. The maximum Gasteiger partial charge on any atom is 0.121 e. The van der Waals surface area contributed by atoms with Crippen LogP contribution in [0.5, 0.6) is 5.75 Å². The molecule has 2 unspecified atom stereocenters. The van der Waals surface area contributed by atoms with Crippen LogP contribution in [0.1, 0.15) is 32.3 Å². The summed E-state index contributed by atoms with van der Waals surface area (Å²) in [6.07, 6.45) is 2.64. The van der Waals surface area contributed by atoms with Crippen LogP contribution >= 0.6 is 0 Å². The number of benzene rings is 1. The Hall–Kier alpha value is -1.22. The number of methoxy groups -OCH3 is 1.